The molecule has 0 saturated carbocycles. The van der Waals surface area contributed by atoms with E-state index in [-0.39, 0.29) is 5.95 Å². The number of hydrogen-bond acceptors (Lipinski definition) is 4. The number of hydrogen-bond donors (Lipinski definition) is 1. The van der Waals surface area contributed by atoms with Gasteiger partial charge < -0.3 is 5.73 Å². The maximum Gasteiger partial charge on any atom is 0.221 e. The topological polar surface area (TPSA) is 51.8 Å². The zero-order valence-electron chi connectivity index (χ0n) is 8.64. The molecule has 0 aliphatic rings. The number of halogens is 1. The van der Waals surface area contributed by atoms with Crippen LogP contribution in [0.5, 0.6) is 0 Å². The Bertz CT molecular complexity index is 499. The predicted molar refractivity (Wildman–Crippen MR) is 69.4 cm³/mol. The van der Waals surface area contributed by atoms with Crippen molar-refractivity contribution >= 4 is 33.6 Å². The number of nitrogen functional groups attached to an aromatic ring is 1. The molecule has 82 valence electrons. The van der Waals surface area contributed by atoms with Crippen LogP contribution in [0.15, 0.2) is 44.9 Å². The highest BCUT2D eigenvalue weighted by molar-refractivity contribution is 9.10. The zero-order chi connectivity index (χ0) is 11.5. The number of nitrogens with zero attached hydrogens (tertiary/aromatic N) is 2. The molecule has 2 rings (SSSR count). The summed E-state index contributed by atoms with van der Waals surface area (Å²) in [5.74, 6) is 0.290. The van der Waals surface area contributed by atoms with Crippen LogP contribution in [0.2, 0.25) is 0 Å². The van der Waals surface area contributed by atoms with Crippen molar-refractivity contribution in [3.05, 3.63) is 40.5 Å². The number of benzene rings is 1. The first-order valence-electron chi connectivity index (χ1n) is 4.67. The average Bonchev–Trinajstić information content (AvgIpc) is 2.27. The van der Waals surface area contributed by atoms with Gasteiger partial charge in [0.25, 0.3) is 0 Å². The van der Waals surface area contributed by atoms with Crippen LogP contribution in [-0.4, -0.2) is 9.97 Å². The highest BCUT2D eigenvalue weighted by atomic mass is 79.9. The van der Waals surface area contributed by atoms with Gasteiger partial charge >= 0.3 is 0 Å². The van der Waals surface area contributed by atoms with E-state index < -0.39 is 0 Å². The van der Waals surface area contributed by atoms with Gasteiger partial charge in [-0.1, -0.05) is 29.5 Å². The number of aromatic nitrogens is 2. The minimum atomic E-state index is 0.290. The number of nitrogens with two attached hydrogens (primary N) is 1. The van der Waals surface area contributed by atoms with Gasteiger partial charge in [-0.2, -0.15) is 0 Å². The first-order chi connectivity index (χ1) is 7.65. The van der Waals surface area contributed by atoms with Gasteiger partial charge in [-0.3, -0.25) is 0 Å². The largest absolute Gasteiger partial charge is 0.368 e. The summed E-state index contributed by atoms with van der Waals surface area (Å²) in [6.07, 6.45) is 1.67. The van der Waals surface area contributed by atoms with Crippen LogP contribution in [-0.2, 0) is 0 Å². The summed E-state index contributed by atoms with van der Waals surface area (Å²) in [5.41, 5.74) is 6.79. The number of anilines is 1. The molecule has 0 unspecified atom stereocenters. The molecule has 0 aliphatic heterocycles. The van der Waals surface area contributed by atoms with Crippen molar-refractivity contribution < 1.29 is 0 Å². The van der Waals surface area contributed by atoms with Gasteiger partial charge in [-0.05, 0) is 35.0 Å². The first-order valence-corrected chi connectivity index (χ1v) is 6.28. The fraction of sp³-hybridized carbons (Fsp3) is 0.0909. The monoisotopic (exact) mass is 295 g/mol. The standard InChI is InChI=1S/C11H10BrN3S/c1-7-2-4-8(5-3-7)16-10-9(12)6-14-11(13)15-10/h2-6H,1H3,(H2,13,14,15). The van der Waals surface area contributed by atoms with E-state index in [0.717, 1.165) is 14.4 Å². The summed E-state index contributed by atoms with van der Waals surface area (Å²) in [5, 5.41) is 0.830. The highest BCUT2D eigenvalue weighted by Crippen LogP contribution is 2.31. The van der Waals surface area contributed by atoms with Crippen LogP contribution < -0.4 is 5.73 Å². The Balaban J connectivity index is 2.26. The minimum Gasteiger partial charge on any atom is -0.368 e. The molecule has 1 aromatic carbocycles. The molecule has 0 amide bonds. The molecule has 0 spiro atoms. The lowest BCUT2D eigenvalue weighted by atomic mass is 10.2. The van der Waals surface area contributed by atoms with Gasteiger partial charge in [-0.15, -0.1) is 0 Å². The van der Waals surface area contributed by atoms with Gasteiger partial charge in [0.2, 0.25) is 5.95 Å². The van der Waals surface area contributed by atoms with Crippen molar-refractivity contribution in [3.8, 4) is 0 Å². The normalized spacial score (nSPS) is 10.4. The van der Waals surface area contributed by atoms with Crippen LogP contribution in [0, 0.1) is 6.92 Å². The second-order valence-corrected chi connectivity index (χ2v) is 5.21. The summed E-state index contributed by atoms with van der Waals surface area (Å²) in [7, 11) is 0. The quantitative estimate of drug-likeness (QED) is 0.864. The molecule has 2 aromatic rings. The van der Waals surface area contributed by atoms with Crippen molar-refractivity contribution in [1.29, 1.82) is 0 Å². The minimum absolute atomic E-state index is 0.290. The lowest BCUT2D eigenvalue weighted by molar-refractivity contribution is 1.04. The van der Waals surface area contributed by atoms with Crippen LogP contribution >= 0.6 is 27.7 Å². The van der Waals surface area contributed by atoms with E-state index in [1.165, 1.54) is 5.56 Å². The van der Waals surface area contributed by atoms with Gasteiger partial charge in [0, 0.05) is 11.1 Å². The highest BCUT2D eigenvalue weighted by Gasteiger charge is 2.05. The Morgan fingerprint density at radius 3 is 2.62 bits per heavy atom. The van der Waals surface area contributed by atoms with E-state index in [4.69, 9.17) is 5.73 Å². The molecular formula is C11H10BrN3S. The van der Waals surface area contributed by atoms with E-state index in [9.17, 15) is 0 Å². The SMILES string of the molecule is Cc1ccc(Sc2nc(N)ncc2Br)cc1. The maximum atomic E-state index is 5.55. The van der Waals surface area contributed by atoms with Gasteiger partial charge in [0.1, 0.15) is 5.03 Å². The Labute approximate surface area is 107 Å². The van der Waals surface area contributed by atoms with E-state index in [1.54, 1.807) is 18.0 Å². The Kier molecular flexibility index (Phi) is 3.46. The van der Waals surface area contributed by atoms with Crippen LogP contribution in [0.1, 0.15) is 5.56 Å². The van der Waals surface area contributed by atoms with Crippen LogP contribution in [0.4, 0.5) is 5.95 Å². The molecule has 0 bridgehead atoms. The fourth-order valence-corrected chi connectivity index (χ4v) is 2.37. The predicted octanol–water partition coefficient (Wildman–Crippen LogP) is 3.28. The molecule has 16 heavy (non-hydrogen) atoms. The van der Waals surface area contributed by atoms with E-state index >= 15 is 0 Å². The summed E-state index contributed by atoms with van der Waals surface area (Å²) in [6, 6.07) is 8.26. The molecule has 0 atom stereocenters. The molecule has 2 N–H and O–H groups in total. The third-order valence-corrected chi connectivity index (χ3v) is 3.82. The lowest BCUT2D eigenvalue weighted by Crippen LogP contribution is -1.95. The van der Waals surface area contributed by atoms with Crippen molar-refractivity contribution in [2.45, 2.75) is 16.8 Å². The summed E-state index contributed by atoms with van der Waals surface area (Å²) >= 11 is 4.96. The fourth-order valence-electron chi connectivity index (χ4n) is 1.15. The molecule has 5 heteroatoms. The average molecular weight is 296 g/mol. The van der Waals surface area contributed by atoms with Gasteiger partial charge in [-0.25, -0.2) is 9.97 Å². The van der Waals surface area contributed by atoms with Crippen molar-refractivity contribution in [2.75, 3.05) is 5.73 Å². The van der Waals surface area contributed by atoms with E-state index in [1.807, 2.05) is 0 Å². The first kappa shape index (κ1) is 11.4. The summed E-state index contributed by atoms with van der Waals surface area (Å²) < 4.78 is 0.854. The van der Waals surface area contributed by atoms with Gasteiger partial charge in [0.05, 0.1) is 4.47 Å². The zero-order valence-corrected chi connectivity index (χ0v) is 11.0. The molecule has 0 fully saturated rings. The van der Waals surface area contributed by atoms with Crippen LogP contribution in [0.25, 0.3) is 0 Å². The Morgan fingerprint density at radius 1 is 1.25 bits per heavy atom. The molecular weight excluding hydrogens is 286 g/mol. The van der Waals surface area contributed by atoms with Crippen LogP contribution in [0.3, 0.4) is 0 Å². The van der Waals surface area contributed by atoms with E-state index in [0.29, 0.717) is 0 Å². The molecule has 1 heterocycles. The van der Waals surface area contributed by atoms with Gasteiger partial charge in [0.15, 0.2) is 0 Å². The molecule has 1 aromatic heterocycles. The van der Waals surface area contributed by atoms with Crippen molar-refractivity contribution in [3.63, 3.8) is 0 Å². The number of aryl methyl sites for hydroxylation is 1. The van der Waals surface area contributed by atoms with Crippen molar-refractivity contribution in [2.24, 2.45) is 0 Å². The summed E-state index contributed by atoms with van der Waals surface area (Å²) in [6.45, 7) is 2.06. The molecule has 0 saturated heterocycles. The van der Waals surface area contributed by atoms with Crippen molar-refractivity contribution in [1.82, 2.24) is 9.97 Å². The second-order valence-electron chi connectivity index (χ2n) is 3.30. The Hall–Kier alpha value is -1.07. The molecule has 3 nitrogen and oxygen atoms in total. The van der Waals surface area contributed by atoms with E-state index in [2.05, 4.69) is 57.1 Å². The molecule has 0 aliphatic carbocycles. The Morgan fingerprint density at radius 2 is 1.94 bits per heavy atom. The lowest BCUT2D eigenvalue weighted by Gasteiger charge is -2.03. The smallest absolute Gasteiger partial charge is 0.221 e. The summed E-state index contributed by atoms with van der Waals surface area (Å²) in [4.78, 5) is 9.20. The third kappa shape index (κ3) is 2.74. The maximum absolute atomic E-state index is 5.55. The second kappa shape index (κ2) is 4.84. The third-order valence-electron chi connectivity index (χ3n) is 1.97. The number of rotatable bonds is 2. The molecule has 0 radical (unpaired) electrons.